The van der Waals surface area contributed by atoms with Crippen molar-refractivity contribution < 1.29 is 19.2 Å². The highest BCUT2D eigenvalue weighted by atomic mass is 16.2. The zero-order valence-electron chi connectivity index (χ0n) is 11.7. The maximum atomic E-state index is 12.6. The van der Waals surface area contributed by atoms with E-state index in [2.05, 4.69) is 5.32 Å². The molecule has 8 heteroatoms. The minimum Gasteiger partial charge on any atom is -0.330 e. The van der Waals surface area contributed by atoms with Gasteiger partial charge in [-0.3, -0.25) is 19.7 Å². The van der Waals surface area contributed by atoms with Crippen LogP contribution in [0.2, 0.25) is 0 Å². The van der Waals surface area contributed by atoms with Gasteiger partial charge in [0, 0.05) is 6.42 Å². The summed E-state index contributed by atoms with van der Waals surface area (Å²) >= 11 is 0. The number of fused-ring (bicyclic) bond motifs is 1. The molecule has 0 radical (unpaired) electrons. The number of hydrogen-bond acceptors (Lipinski definition) is 5. The van der Waals surface area contributed by atoms with Gasteiger partial charge in [-0.15, -0.1) is 0 Å². The number of rotatable bonds is 3. The van der Waals surface area contributed by atoms with E-state index in [0.717, 1.165) is 10.0 Å². The SMILES string of the molecule is NCCc1cccc2c1C(=O)N(N1CCC(=O)NC1=O)C2=O. The molecular formula is C14H14N4O4. The largest absolute Gasteiger partial charge is 0.343 e. The summed E-state index contributed by atoms with van der Waals surface area (Å²) in [5, 5.41) is 3.86. The molecule has 0 saturated carbocycles. The maximum Gasteiger partial charge on any atom is 0.343 e. The Kier molecular flexibility index (Phi) is 3.38. The lowest BCUT2D eigenvalue weighted by molar-refractivity contribution is -0.122. The number of carbonyl (C=O) groups excluding carboxylic acids is 4. The highest BCUT2D eigenvalue weighted by Crippen LogP contribution is 2.28. The third-order valence-corrected chi connectivity index (χ3v) is 3.67. The lowest BCUT2D eigenvalue weighted by Crippen LogP contribution is -2.58. The molecule has 2 heterocycles. The van der Waals surface area contributed by atoms with Crippen LogP contribution in [0.5, 0.6) is 0 Å². The normalized spacial score (nSPS) is 17.9. The Morgan fingerprint density at radius 2 is 1.91 bits per heavy atom. The molecule has 3 N–H and O–H groups in total. The molecule has 8 nitrogen and oxygen atoms in total. The monoisotopic (exact) mass is 302 g/mol. The smallest absolute Gasteiger partial charge is 0.330 e. The Balaban J connectivity index is 1.98. The van der Waals surface area contributed by atoms with Crippen molar-refractivity contribution in [3.05, 3.63) is 34.9 Å². The molecular weight excluding hydrogens is 288 g/mol. The van der Waals surface area contributed by atoms with Crippen LogP contribution < -0.4 is 11.1 Å². The van der Waals surface area contributed by atoms with Gasteiger partial charge < -0.3 is 5.73 Å². The summed E-state index contributed by atoms with van der Waals surface area (Å²) in [7, 11) is 0. The third kappa shape index (κ3) is 2.04. The molecule has 2 aliphatic rings. The minimum atomic E-state index is -0.772. The lowest BCUT2D eigenvalue weighted by atomic mass is 10.0. The molecule has 0 unspecified atom stereocenters. The average molecular weight is 302 g/mol. The van der Waals surface area contributed by atoms with Crippen LogP contribution in [0.15, 0.2) is 18.2 Å². The highest BCUT2D eigenvalue weighted by Gasteiger charge is 2.43. The number of nitrogens with one attached hydrogen (secondary N) is 1. The van der Waals surface area contributed by atoms with Crippen molar-refractivity contribution in [1.29, 1.82) is 0 Å². The molecule has 22 heavy (non-hydrogen) atoms. The van der Waals surface area contributed by atoms with Crippen molar-refractivity contribution in [3.63, 3.8) is 0 Å². The number of benzene rings is 1. The molecule has 0 atom stereocenters. The van der Waals surface area contributed by atoms with Gasteiger partial charge in [-0.2, -0.15) is 5.01 Å². The summed E-state index contributed by atoms with van der Waals surface area (Å²) in [6, 6.07) is 4.19. The fraction of sp³-hybridized carbons (Fsp3) is 0.286. The van der Waals surface area contributed by atoms with E-state index >= 15 is 0 Å². The molecule has 1 aromatic carbocycles. The van der Waals surface area contributed by atoms with E-state index in [9.17, 15) is 19.2 Å². The fourth-order valence-electron chi connectivity index (χ4n) is 2.67. The first-order valence-corrected chi connectivity index (χ1v) is 6.86. The molecule has 1 fully saturated rings. The zero-order chi connectivity index (χ0) is 15.9. The van der Waals surface area contributed by atoms with Crippen molar-refractivity contribution in [3.8, 4) is 0 Å². The van der Waals surface area contributed by atoms with Crippen molar-refractivity contribution in [2.75, 3.05) is 13.1 Å². The molecule has 0 aromatic heterocycles. The second-order valence-corrected chi connectivity index (χ2v) is 5.03. The Morgan fingerprint density at radius 1 is 1.14 bits per heavy atom. The van der Waals surface area contributed by atoms with Crippen LogP contribution in [0, 0.1) is 0 Å². The van der Waals surface area contributed by atoms with Crippen LogP contribution in [0.1, 0.15) is 32.7 Å². The Labute approximate surface area is 125 Å². The van der Waals surface area contributed by atoms with Crippen molar-refractivity contribution >= 4 is 23.8 Å². The van der Waals surface area contributed by atoms with E-state index in [1.54, 1.807) is 18.2 Å². The van der Waals surface area contributed by atoms with Crippen LogP contribution in [-0.4, -0.2) is 46.9 Å². The topological polar surface area (TPSA) is 113 Å². The molecule has 0 spiro atoms. The van der Waals surface area contributed by atoms with Gasteiger partial charge in [0.05, 0.1) is 17.7 Å². The number of imide groups is 2. The summed E-state index contributed by atoms with van der Waals surface area (Å²) in [6.45, 7) is 0.332. The molecule has 1 saturated heterocycles. The maximum absolute atomic E-state index is 12.6. The van der Waals surface area contributed by atoms with Crippen LogP contribution >= 0.6 is 0 Å². The molecule has 3 rings (SSSR count). The lowest BCUT2D eigenvalue weighted by Gasteiger charge is -2.32. The van der Waals surface area contributed by atoms with Gasteiger partial charge in [0.2, 0.25) is 5.91 Å². The second kappa shape index (κ2) is 5.23. The Morgan fingerprint density at radius 3 is 2.59 bits per heavy atom. The third-order valence-electron chi connectivity index (χ3n) is 3.67. The van der Waals surface area contributed by atoms with Gasteiger partial charge in [0.25, 0.3) is 11.8 Å². The summed E-state index contributed by atoms with van der Waals surface area (Å²) < 4.78 is 0. The van der Waals surface area contributed by atoms with Crippen molar-refractivity contribution in [2.24, 2.45) is 5.73 Å². The molecule has 114 valence electrons. The minimum absolute atomic E-state index is 0.0116. The van der Waals surface area contributed by atoms with Gasteiger partial charge >= 0.3 is 6.03 Å². The van der Waals surface area contributed by atoms with Crippen LogP contribution in [0.3, 0.4) is 0 Å². The number of hydrogen-bond donors (Lipinski definition) is 2. The predicted molar refractivity (Wildman–Crippen MR) is 74.6 cm³/mol. The Hall–Kier alpha value is -2.74. The summed E-state index contributed by atoms with van der Waals surface area (Å²) in [5.41, 5.74) is 6.73. The molecule has 0 bridgehead atoms. The van der Waals surface area contributed by atoms with Gasteiger partial charge in [-0.25, -0.2) is 9.80 Å². The number of nitrogens with two attached hydrogens (primary N) is 1. The average Bonchev–Trinajstić information content (AvgIpc) is 2.73. The number of amides is 5. The first-order valence-electron chi connectivity index (χ1n) is 6.86. The fourth-order valence-corrected chi connectivity index (χ4v) is 2.67. The second-order valence-electron chi connectivity index (χ2n) is 5.03. The van der Waals surface area contributed by atoms with E-state index in [-0.39, 0.29) is 24.1 Å². The van der Waals surface area contributed by atoms with Crippen LogP contribution in [-0.2, 0) is 11.2 Å². The van der Waals surface area contributed by atoms with Gasteiger partial charge in [-0.05, 0) is 24.6 Å². The quantitative estimate of drug-likeness (QED) is 0.740. The van der Waals surface area contributed by atoms with Gasteiger partial charge in [0.15, 0.2) is 0 Å². The first kappa shape index (κ1) is 14.2. The van der Waals surface area contributed by atoms with E-state index < -0.39 is 23.8 Å². The first-order chi connectivity index (χ1) is 10.5. The van der Waals surface area contributed by atoms with Crippen molar-refractivity contribution in [2.45, 2.75) is 12.8 Å². The molecule has 5 amide bonds. The highest BCUT2D eigenvalue weighted by molar-refractivity contribution is 6.22. The summed E-state index contributed by atoms with van der Waals surface area (Å²) in [4.78, 5) is 48.1. The standard InChI is InChI=1S/C14H14N4O4/c15-6-4-8-2-1-3-9-11(8)13(21)18(12(9)20)17-7-5-10(19)16-14(17)22/h1-3H,4-7,15H2,(H,16,19,22). The van der Waals surface area contributed by atoms with Crippen LogP contribution in [0.25, 0.3) is 0 Å². The number of carbonyl (C=O) groups is 4. The molecule has 1 aromatic rings. The molecule has 0 aliphatic carbocycles. The van der Waals surface area contributed by atoms with E-state index in [1.807, 2.05) is 0 Å². The molecule has 2 aliphatic heterocycles. The van der Waals surface area contributed by atoms with E-state index in [4.69, 9.17) is 5.73 Å². The van der Waals surface area contributed by atoms with Gasteiger partial charge in [-0.1, -0.05) is 12.1 Å². The van der Waals surface area contributed by atoms with Crippen LogP contribution in [0.4, 0.5) is 4.79 Å². The van der Waals surface area contributed by atoms with Crippen molar-refractivity contribution in [1.82, 2.24) is 15.3 Å². The summed E-state index contributed by atoms with van der Waals surface area (Å²) in [5.74, 6) is -1.56. The van der Waals surface area contributed by atoms with Gasteiger partial charge in [0.1, 0.15) is 0 Å². The zero-order valence-corrected chi connectivity index (χ0v) is 11.7. The predicted octanol–water partition coefficient (Wildman–Crippen LogP) is -0.359. The van der Waals surface area contributed by atoms with E-state index in [0.29, 0.717) is 18.5 Å². The van der Waals surface area contributed by atoms with E-state index in [1.165, 1.54) is 0 Å². The Bertz CT molecular complexity index is 700. The number of hydrazine groups is 1. The number of nitrogens with zero attached hydrogens (tertiary/aromatic N) is 2. The summed E-state index contributed by atoms with van der Waals surface area (Å²) in [6.07, 6.45) is 0.496. The number of urea groups is 1.